The summed E-state index contributed by atoms with van der Waals surface area (Å²) in [6.45, 7) is 0. The van der Waals surface area contributed by atoms with E-state index in [0.717, 1.165) is 11.6 Å². The lowest BCUT2D eigenvalue weighted by Crippen LogP contribution is -2.33. The highest BCUT2D eigenvalue weighted by Crippen LogP contribution is 2.20. The zero-order valence-corrected chi connectivity index (χ0v) is 13.3. The fraction of sp³-hybridized carbons (Fsp3) is 0.312. The van der Waals surface area contributed by atoms with Crippen LogP contribution in [-0.2, 0) is 4.79 Å². The molecule has 8 heteroatoms. The van der Waals surface area contributed by atoms with Crippen LogP contribution in [0.2, 0.25) is 0 Å². The van der Waals surface area contributed by atoms with Crippen LogP contribution >= 0.6 is 0 Å². The number of benzene rings is 1. The van der Waals surface area contributed by atoms with Crippen molar-refractivity contribution >= 4 is 11.8 Å². The Labute approximate surface area is 137 Å². The Morgan fingerprint density at radius 3 is 2.46 bits per heavy atom. The van der Waals surface area contributed by atoms with E-state index in [2.05, 4.69) is 15.5 Å². The van der Waals surface area contributed by atoms with E-state index in [4.69, 9.17) is 0 Å². The Morgan fingerprint density at radius 1 is 1.25 bits per heavy atom. The monoisotopic (exact) mass is 336 g/mol. The fourth-order valence-corrected chi connectivity index (χ4v) is 2.09. The number of halogens is 2. The number of hydrogen-bond acceptors (Lipinski definition) is 3. The van der Waals surface area contributed by atoms with E-state index in [1.165, 1.54) is 4.90 Å². The van der Waals surface area contributed by atoms with Crippen molar-refractivity contribution in [3.63, 3.8) is 0 Å². The van der Waals surface area contributed by atoms with Crippen molar-refractivity contribution in [1.82, 2.24) is 20.4 Å². The minimum atomic E-state index is -2.74. The van der Waals surface area contributed by atoms with E-state index in [9.17, 15) is 18.4 Å². The Morgan fingerprint density at radius 2 is 1.92 bits per heavy atom. The lowest BCUT2D eigenvalue weighted by Gasteiger charge is -2.20. The molecule has 1 heterocycles. The van der Waals surface area contributed by atoms with Crippen LogP contribution in [0, 0.1) is 0 Å². The van der Waals surface area contributed by atoms with Gasteiger partial charge in [0.05, 0.1) is 12.5 Å². The number of H-pyrrole nitrogens is 1. The largest absolute Gasteiger partial charge is 0.349 e. The summed E-state index contributed by atoms with van der Waals surface area (Å²) >= 11 is 0. The predicted octanol–water partition coefficient (Wildman–Crippen LogP) is 2.30. The molecule has 2 N–H and O–H groups in total. The quantitative estimate of drug-likeness (QED) is 0.850. The number of carbonyl (C=O) groups is 2. The highest BCUT2D eigenvalue weighted by Gasteiger charge is 2.22. The minimum absolute atomic E-state index is 0.0505. The first-order valence-corrected chi connectivity index (χ1v) is 7.28. The van der Waals surface area contributed by atoms with Gasteiger partial charge in [0.15, 0.2) is 0 Å². The number of alkyl halides is 2. The molecule has 0 aliphatic heterocycles. The molecule has 0 aliphatic carbocycles. The number of hydrogen-bond donors (Lipinski definition) is 2. The van der Waals surface area contributed by atoms with Crippen molar-refractivity contribution in [3.8, 4) is 0 Å². The maximum absolute atomic E-state index is 12.6. The number of amides is 2. The molecule has 0 saturated heterocycles. The molecule has 1 aromatic carbocycles. The van der Waals surface area contributed by atoms with Gasteiger partial charge < -0.3 is 10.2 Å². The molecular formula is C16H18F2N4O2. The third kappa shape index (κ3) is 4.37. The Bertz CT molecular complexity index is 701. The van der Waals surface area contributed by atoms with Crippen LogP contribution in [0.3, 0.4) is 0 Å². The van der Waals surface area contributed by atoms with Gasteiger partial charge in [-0.15, -0.1) is 0 Å². The maximum atomic E-state index is 12.6. The summed E-state index contributed by atoms with van der Waals surface area (Å²) in [7, 11) is 3.24. The van der Waals surface area contributed by atoms with Crippen molar-refractivity contribution in [2.24, 2.45) is 0 Å². The van der Waals surface area contributed by atoms with Crippen LogP contribution in [0.25, 0.3) is 0 Å². The van der Waals surface area contributed by atoms with Gasteiger partial charge in [0.1, 0.15) is 11.4 Å². The average Bonchev–Trinajstić information content (AvgIpc) is 3.05. The van der Waals surface area contributed by atoms with Crippen LogP contribution in [0.1, 0.15) is 40.6 Å². The first-order valence-electron chi connectivity index (χ1n) is 7.28. The van der Waals surface area contributed by atoms with Crippen molar-refractivity contribution in [2.45, 2.75) is 18.9 Å². The van der Waals surface area contributed by atoms with E-state index in [0.29, 0.717) is 0 Å². The standard InChI is InChI=1S/C16H18F2N4O2/c1-22(2)14(23)9-11(10-6-4-3-5-7-10)19-16(24)13-8-12(15(17)18)20-21-13/h3-8,11,15H,9H2,1-2H3,(H,19,24)(H,20,21). The maximum Gasteiger partial charge on any atom is 0.279 e. The summed E-state index contributed by atoms with van der Waals surface area (Å²) in [6, 6.07) is 9.37. The lowest BCUT2D eigenvalue weighted by molar-refractivity contribution is -0.129. The van der Waals surface area contributed by atoms with Gasteiger partial charge in [-0.2, -0.15) is 5.10 Å². The first kappa shape index (κ1) is 17.6. The van der Waals surface area contributed by atoms with E-state index in [1.807, 2.05) is 6.07 Å². The second kappa shape index (κ2) is 7.67. The molecule has 2 rings (SSSR count). The van der Waals surface area contributed by atoms with Crippen LogP contribution in [-0.4, -0.2) is 41.0 Å². The van der Waals surface area contributed by atoms with Crippen LogP contribution in [0.15, 0.2) is 36.4 Å². The van der Waals surface area contributed by atoms with Crippen molar-refractivity contribution in [3.05, 3.63) is 53.3 Å². The van der Waals surface area contributed by atoms with Gasteiger partial charge in [-0.1, -0.05) is 30.3 Å². The van der Waals surface area contributed by atoms with E-state index in [1.54, 1.807) is 38.4 Å². The summed E-state index contributed by atoms with van der Waals surface area (Å²) in [5.41, 5.74) is 0.162. The topological polar surface area (TPSA) is 78.1 Å². The normalized spacial score (nSPS) is 12.0. The summed E-state index contributed by atoms with van der Waals surface area (Å²) < 4.78 is 25.2. The smallest absolute Gasteiger partial charge is 0.279 e. The number of rotatable bonds is 6. The molecule has 2 aromatic rings. The van der Waals surface area contributed by atoms with Crippen molar-refractivity contribution in [2.75, 3.05) is 14.1 Å². The Hall–Kier alpha value is -2.77. The molecule has 0 spiro atoms. The van der Waals surface area contributed by atoms with Gasteiger partial charge >= 0.3 is 0 Å². The van der Waals surface area contributed by atoms with Crippen LogP contribution < -0.4 is 5.32 Å². The lowest BCUT2D eigenvalue weighted by atomic mass is 10.0. The fourth-order valence-electron chi connectivity index (χ4n) is 2.09. The molecule has 1 aromatic heterocycles. The molecule has 0 radical (unpaired) electrons. The number of nitrogens with zero attached hydrogens (tertiary/aromatic N) is 2. The molecule has 0 saturated carbocycles. The number of carbonyl (C=O) groups excluding carboxylic acids is 2. The van der Waals surface area contributed by atoms with Gasteiger partial charge in [-0.3, -0.25) is 14.7 Å². The molecule has 0 bridgehead atoms. The third-order valence-corrected chi connectivity index (χ3v) is 3.45. The zero-order valence-electron chi connectivity index (χ0n) is 13.3. The van der Waals surface area contributed by atoms with E-state index >= 15 is 0 Å². The third-order valence-electron chi connectivity index (χ3n) is 3.45. The van der Waals surface area contributed by atoms with Gasteiger partial charge in [-0.05, 0) is 11.6 Å². The highest BCUT2D eigenvalue weighted by molar-refractivity contribution is 5.93. The van der Waals surface area contributed by atoms with Crippen LogP contribution in [0.4, 0.5) is 8.78 Å². The molecule has 0 fully saturated rings. The molecular weight excluding hydrogens is 318 g/mol. The van der Waals surface area contributed by atoms with E-state index in [-0.39, 0.29) is 18.0 Å². The molecule has 24 heavy (non-hydrogen) atoms. The van der Waals surface area contributed by atoms with Gasteiger partial charge in [0.25, 0.3) is 12.3 Å². The summed E-state index contributed by atoms with van der Waals surface area (Å²) in [5, 5.41) is 8.38. The second-order valence-electron chi connectivity index (χ2n) is 5.44. The zero-order chi connectivity index (χ0) is 17.7. The molecule has 1 unspecified atom stereocenters. The molecule has 0 aliphatic rings. The summed E-state index contributed by atoms with van der Waals surface area (Å²) in [6.07, 6.45) is -2.69. The Balaban J connectivity index is 2.17. The average molecular weight is 336 g/mol. The summed E-state index contributed by atoms with van der Waals surface area (Å²) in [5.74, 6) is -0.794. The first-order chi connectivity index (χ1) is 11.4. The Kier molecular flexibility index (Phi) is 5.62. The summed E-state index contributed by atoms with van der Waals surface area (Å²) in [4.78, 5) is 25.7. The highest BCUT2D eigenvalue weighted by atomic mass is 19.3. The van der Waals surface area contributed by atoms with Gasteiger partial charge in [0.2, 0.25) is 5.91 Å². The number of aromatic nitrogens is 2. The molecule has 128 valence electrons. The predicted molar refractivity (Wildman–Crippen MR) is 83.5 cm³/mol. The number of nitrogens with one attached hydrogen (secondary N) is 2. The van der Waals surface area contributed by atoms with Crippen molar-refractivity contribution in [1.29, 1.82) is 0 Å². The molecule has 6 nitrogen and oxygen atoms in total. The second-order valence-corrected chi connectivity index (χ2v) is 5.44. The van der Waals surface area contributed by atoms with Crippen molar-refractivity contribution < 1.29 is 18.4 Å². The molecule has 2 amide bonds. The van der Waals surface area contributed by atoms with Gasteiger partial charge in [0, 0.05) is 14.1 Å². The SMILES string of the molecule is CN(C)C(=O)CC(NC(=O)c1cc(C(F)F)[nH]n1)c1ccccc1. The van der Waals surface area contributed by atoms with Gasteiger partial charge in [-0.25, -0.2) is 8.78 Å². The number of aromatic amines is 1. The van der Waals surface area contributed by atoms with Crippen LogP contribution in [0.5, 0.6) is 0 Å². The minimum Gasteiger partial charge on any atom is -0.349 e. The van der Waals surface area contributed by atoms with E-state index < -0.39 is 24.1 Å². The molecule has 1 atom stereocenters.